The normalized spacial score (nSPS) is 10.1. The molecule has 0 aromatic carbocycles. The summed E-state index contributed by atoms with van der Waals surface area (Å²) in [6.45, 7) is 5.88. The molecule has 2 rings (SSSR count). The van der Waals surface area contributed by atoms with Gasteiger partial charge in [0, 0.05) is 0 Å². The molecule has 0 aliphatic rings. The molecule has 2 heterocycles. The smallest absolute Gasteiger partial charge is 0.213 e. The molecule has 0 radical (unpaired) electrons. The fraction of sp³-hybridized carbons (Fsp3) is 0.333. The zero-order chi connectivity index (χ0) is 13.1. The minimum absolute atomic E-state index is 0.375. The number of hydrogen-bond donors (Lipinski definition) is 1. The lowest BCUT2D eigenvalue weighted by Gasteiger charge is -2.07. The lowest BCUT2D eigenvalue weighted by molar-refractivity contribution is 0.478. The van der Waals surface area contributed by atoms with Crippen molar-refractivity contribution in [3.63, 3.8) is 0 Å². The van der Waals surface area contributed by atoms with Crippen LogP contribution in [0.3, 0.4) is 0 Å². The summed E-state index contributed by atoms with van der Waals surface area (Å²) >= 11 is 0. The molecule has 0 bridgehead atoms. The Morgan fingerprint density at radius 3 is 2.72 bits per heavy atom. The van der Waals surface area contributed by atoms with Gasteiger partial charge in [-0.15, -0.1) is 5.10 Å². The number of anilines is 1. The Bertz CT molecular complexity index is 611. The first-order chi connectivity index (χ1) is 8.61. The van der Waals surface area contributed by atoms with Gasteiger partial charge in [0.25, 0.3) is 0 Å². The topological polar surface area (TPSA) is 87.6 Å². The molecule has 0 spiro atoms. The van der Waals surface area contributed by atoms with Crippen LogP contribution in [0.1, 0.15) is 28.5 Å². The molecule has 0 aliphatic carbocycles. The van der Waals surface area contributed by atoms with Crippen molar-refractivity contribution in [2.24, 2.45) is 0 Å². The van der Waals surface area contributed by atoms with Crippen LogP contribution in [0, 0.1) is 32.1 Å². The largest absolute Gasteiger partial charge is 0.444 e. The number of nitriles is 1. The van der Waals surface area contributed by atoms with Crippen molar-refractivity contribution in [3.8, 4) is 6.07 Å². The molecular formula is C12H13N5O. The number of rotatable bonds is 3. The Kier molecular flexibility index (Phi) is 3.24. The molecule has 18 heavy (non-hydrogen) atoms. The van der Waals surface area contributed by atoms with Gasteiger partial charge in [0.15, 0.2) is 5.82 Å². The second-order valence-electron chi connectivity index (χ2n) is 3.96. The molecular weight excluding hydrogens is 230 g/mol. The first-order valence-electron chi connectivity index (χ1n) is 5.51. The van der Waals surface area contributed by atoms with E-state index in [9.17, 15) is 0 Å². The second kappa shape index (κ2) is 4.84. The molecule has 0 aliphatic heterocycles. The molecule has 92 valence electrons. The molecule has 0 amide bonds. The summed E-state index contributed by atoms with van der Waals surface area (Å²) in [6, 6.07) is 2.13. The van der Waals surface area contributed by atoms with E-state index in [1.807, 2.05) is 20.8 Å². The average Bonchev–Trinajstić information content (AvgIpc) is 2.77. The highest BCUT2D eigenvalue weighted by Gasteiger charge is 2.11. The molecule has 2 aromatic heterocycles. The average molecular weight is 243 g/mol. The lowest BCUT2D eigenvalue weighted by Crippen LogP contribution is -2.07. The quantitative estimate of drug-likeness (QED) is 0.885. The molecule has 6 heteroatoms. The minimum atomic E-state index is 0.375. The van der Waals surface area contributed by atoms with Gasteiger partial charge in [-0.3, -0.25) is 0 Å². The molecule has 6 nitrogen and oxygen atoms in total. The highest BCUT2D eigenvalue weighted by Crippen LogP contribution is 2.17. The first kappa shape index (κ1) is 12.0. The maximum absolute atomic E-state index is 9.13. The van der Waals surface area contributed by atoms with Crippen LogP contribution in [0.5, 0.6) is 0 Å². The highest BCUT2D eigenvalue weighted by molar-refractivity contribution is 5.55. The van der Waals surface area contributed by atoms with E-state index in [1.165, 1.54) is 0 Å². The first-order valence-corrected chi connectivity index (χ1v) is 5.51. The van der Waals surface area contributed by atoms with Gasteiger partial charge in [-0.2, -0.15) is 10.4 Å². The van der Waals surface area contributed by atoms with Gasteiger partial charge in [-0.05, 0) is 26.3 Å². The Morgan fingerprint density at radius 1 is 1.33 bits per heavy atom. The van der Waals surface area contributed by atoms with Crippen molar-refractivity contribution in [3.05, 3.63) is 34.7 Å². The maximum Gasteiger partial charge on any atom is 0.213 e. The van der Waals surface area contributed by atoms with E-state index < -0.39 is 0 Å². The molecule has 2 aromatic rings. The van der Waals surface area contributed by atoms with Crippen LogP contribution in [0.15, 0.2) is 10.6 Å². The van der Waals surface area contributed by atoms with E-state index in [1.54, 1.807) is 6.20 Å². The predicted octanol–water partition coefficient (Wildman–Crippen LogP) is 1.87. The van der Waals surface area contributed by atoms with Crippen molar-refractivity contribution in [2.45, 2.75) is 27.3 Å². The number of nitrogens with one attached hydrogen (secondary N) is 1. The summed E-state index contributed by atoms with van der Waals surface area (Å²) in [6.07, 6.45) is 1.65. The Morgan fingerprint density at radius 2 is 2.11 bits per heavy atom. The van der Waals surface area contributed by atoms with Crippen molar-refractivity contribution in [1.82, 2.24) is 15.2 Å². The summed E-state index contributed by atoms with van der Waals surface area (Å²) in [5.41, 5.74) is 2.09. The molecule has 0 saturated heterocycles. The van der Waals surface area contributed by atoms with Crippen LogP contribution in [-0.2, 0) is 6.54 Å². The monoisotopic (exact) mass is 243 g/mol. The zero-order valence-electron chi connectivity index (χ0n) is 10.5. The van der Waals surface area contributed by atoms with Crippen LogP contribution in [0.2, 0.25) is 0 Å². The lowest BCUT2D eigenvalue weighted by atomic mass is 10.1. The van der Waals surface area contributed by atoms with Gasteiger partial charge in [0.2, 0.25) is 5.89 Å². The Balaban J connectivity index is 2.20. The predicted molar refractivity (Wildman–Crippen MR) is 64.8 cm³/mol. The molecule has 0 atom stereocenters. The van der Waals surface area contributed by atoms with Crippen LogP contribution in [-0.4, -0.2) is 15.2 Å². The van der Waals surface area contributed by atoms with E-state index in [0.29, 0.717) is 23.8 Å². The molecule has 0 saturated carbocycles. The highest BCUT2D eigenvalue weighted by atomic mass is 16.4. The van der Waals surface area contributed by atoms with Crippen molar-refractivity contribution in [1.29, 1.82) is 5.26 Å². The van der Waals surface area contributed by atoms with Crippen molar-refractivity contribution < 1.29 is 4.42 Å². The number of oxazole rings is 1. The Labute approximate surface area is 105 Å². The maximum atomic E-state index is 9.13. The van der Waals surface area contributed by atoms with Gasteiger partial charge in [-0.1, -0.05) is 0 Å². The standard InChI is InChI=1S/C12H13N5O/c1-7-5-14-11(18-7)6-15-12-10(4-13)8(2)9(3)16-17-12/h5H,6H2,1-3H3,(H,15,17). The van der Waals surface area contributed by atoms with Gasteiger partial charge in [-0.25, -0.2) is 4.98 Å². The third-order valence-corrected chi connectivity index (χ3v) is 2.64. The van der Waals surface area contributed by atoms with Crippen LogP contribution < -0.4 is 5.32 Å². The summed E-state index contributed by atoms with van der Waals surface area (Å²) in [5, 5.41) is 20.1. The van der Waals surface area contributed by atoms with E-state index >= 15 is 0 Å². The Hall–Kier alpha value is -2.42. The molecule has 0 fully saturated rings. The summed E-state index contributed by atoms with van der Waals surface area (Å²) < 4.78 is 5.33. The molecule has 1 N–H and O–H groups in total. The van der Waals surface area contributed by atoms with E-state index in [-0.39, 0.29) is 0 Å². The summed E-state index contributed by atoms with van der Waals surface area (Å²) in [5.74, 6) is 1.76. The summed E-state index contributed by atoms with van der Waals surface area (Å²) in [7, 11) is 0. The van der Waals surface area contributed by atoms with Crippen LogP contribution >= 0.6 is 0 Å². The number of nitrogens with zero attached hydrogens (tertiary/aromatic N) is 4. The van der Waals surface area contributed by atoms with E-state index in [0.717, 1.165) is 17.0 Å². The fourth-order valence-electron chi connectivity index (χ4n) is 1.51. The number of hydrogen-bond acceptors (Lipinski definition) is 6. The van der Waals surface area contributed by atoms with E-state index in [2.05, 4.69) is 26.6 Å². The SMILES string of the molecule is Cc1cnc(CNc2nnc(C)c(C)c2C#N)o1. The van der Waals surface area contributed by atoms with Gasteiger partial charge >= 0.3 is 0 Å². The van der Waals surface area contributed by atoms with E-state index in [4.69, 9.17) is 9.68 Å². The number of aromatic nitrogens is 3. The van der Waals surface area contributed by atoms with Crippen LogP contribution in [0.25, 0.3) is 0 Å². The van der Waals surface area contributed by atoms with Crippen molar-refractivity contribution >= 4 is 5.82 Å². The van der Waals surface area contributed by atoms with Crippen LogP contribution in [0.4, 0.5) is 5.82 Å². The third kappa shape index (κ3) is 2.30. The third-order valence-electron chi connectivity index (χ3n) is 2.64. The summed E-state index contributed by atoms with van der Waals surface area (Å²) in [4.78, 5) is 4.07. The minimum Gasteiger partial charge on any atom is -0.444 e. The fourth-order valence-corrected chi connectivity index (χ4v) is 1.51. The number of aryl methyl sites for hydroxylation is 2. The van der Waals surface area contributed by atoms with Gasteiger partial charge in [0.05, 0.1) is 18.4 Å². The van der Waals surface area contributed by atoms with Gasteiger partial charge < -0.3 is 9.73 Å². The zero-order valence-corrected chi connectivity index (χ0v) is 10.5. The second-order valence-corrected chi connectivity index (χ2v) is 3.96. The van der Waals surface area contributed by atoms with Gasteiger partial charge in [0.1, 0.15) is 17.4 Å². The molecule has 0 unspecified atom stereocenters. The van der Waals surface area contributed by atoms with Crippen molar-refractivity contribution in [2.75, 3.05) is 5.32 Å².